The van der Waals surface area contributed by atoms with Gasteiger partial charge in [-0.15, -0.1) is 0 Å². The Morgan fingerprint density at radius 1 is 1.23 bits per heavy atom. The van der Waals surface area contributed by atoms with Crippen LogP contribution in [0.15, 0.2) is 29.3 Å². The number of benzene rings is 1. The van der Waals surface area contributed by atoms with Crippen LogP contribution < -0.4 is 0 Å². The van der Waals surface area contributed by atoms with Crippen LogP contribution >= 0.6 is 11.6 Å². The van der Waals surface area contributed by atoms with E-state index in [-0.39, 0.29) is 37.1 Å². The lowest BCUT2D eigenvalue weighted by molar-refractivity contribution is -0.213. The number of aromatic nitrogens is 1. The summed E-state index contributed by atoms with van der Waals surface area (Å²) in [6, 6.07) is 6.54. The molecule has 12 nitrogen and oxygen atoms in total. The molecule has 3 aliphatic rings. The molecule has 0 radical (unpaired) electrons. The average Bonchev–Trinajstić information content (AvgIpc) is 3.43. The second kappa shape index (κ2) is 10.3. The van der Waals surface area contributed by atoms with E-state index in [9.17, 15) is 28.2 Å². The Bertz CT molecular complexity index is 1380. The molecule has 214 valence electrons. The van der Waals surface area contributed by atoms with Crippen molar-refractivity contribution in [3.63, 3.8) is 0 Å². The fourth-order valence-electron chi connectivity index (χ4n) is 6.14. The van der Waals surface area contributed by atoms with Gasteiger partial charge in [-0.1, -0.05) is 18.5 Å². The number of sulfonamides is 1. The van der Waals surface area contributed by atoms with E-state index in [2.05, 4.69) is 4.98 Å². The first-order valence-corrected chi connectivity index (χ1v) is 14.8. The molecule has 3 fully saturated rings. The van der Waals surface area contributed by atoms with Gasteiger partial charge in [0.2, 0.25) is 5.91 Å². The van der Waals surface area contributed by atoms with E-state index in [0.717, 1.165) is 0 Å². The summed E-state index contributed by atoms with van der Waals surface area (Å²) in [6.45, 7) is 2.66. The zero-order valence-electron chi connectivity index (χ0n) is 22.0. The molecular weight excluding hydrogens is 550 g/mol. The lowest BCUT2D eigenvalue weighted by Crippen LogP contribution is -2.68. The predicted octanol–water partition coefficient (Wildman–Crippen LogP) is 0.960. The molecule has 3 aliphatic heterocycles. The molecule has 2 unspecified atom stereocenters. The quantitative estimate of drug-likeness (QED) is 0.433. The van der Waals surface area contributed by atoms with E-state index in [1.165, 1.54) is 10.4 Å². The number of nitrogens with one attached hydrogen (secondary N) is 1. The van der Waals surface area contributed by atoms with Crippen molar-refractivity contribution in [2.45, 2.75) is 48.8 Å². The minimum atomic E-state index is -4.09. The zero-order chi connectivity index (χ0) is 28.2. The number of H-pyrrole nitrogens is 1. The molecule has 14 heteroatoms. The number of carboxylic acids is 1. The number of likely N-dealkylation sites (tertiary alicyclic amines) is 1. The van der Waals surface area contributed by atoms with E-state index in [4.69, 9.17) is 16.3 Å². The first kappa shape index (κ1) is 28.3. The third-order valence-electron chi connectivity index (χ3n) is 7.97. The molecule has 4 heterocycles. The van der Waals surface area contributed by atoms with Crippen molar-refractivity contribution in [2.24, 2.45) is 0 Å². The molecule has 2 atom stereocenters. The molecular formula is C25H34ClN5O7S. The first-order valence-electron chi connectivity index (χ1n) is 13.0. The van der Waals surface area contributed by atoms with Crippen LogP contribution in [0.4, 0.5) is 0 Å². The zero-order valence-corrected chi connectivity index (χ0v) is 23.5. The number of amides is 1. The summed E-state index contributed by atoms with van der Waals surface area (Å²) in [4.78, 5) is 31.7. The summed E-state index contributed by atoms with van der Waals surface area (Å²) < 4.78 is 35.6. The number of carboxylic acid groups (broad SMARTS) is 1. The average molecular weight is 584 g/mol. The highest BCUT2D eigenvalue weighted by atomic mass is 35.5. The van der Waals surface area contributed by atoms with Gasteiger partial charge in [-0.25, -0.2) is 13.3 Å². The minimum Gasteiger partial charge on any atom is -0.480 e. The maximum absolute atomic E-state index is 13.8. The number of rotatable bonds is 7. The Kier molecular flexibility index (Phi) is 7.46. The number of β-amino-alcohol motifs (C(OH)–C–C–N with tert-alkyl or cyclic N) is 1. The number of piperidine rings is 1. The molecule has 1 aromatic heterocycles. The number of aliphatic carboxylic acids is 1. The van der Waals surface area contributed by atoms with Crippen LogP contribution in [0.25, 0.3) is 10.9 Å². The summed E-state index contributed by atoms with van der Waals surface area (Å²) in [5.41, 5.74) is -1.38. The molecule has 39 heavy (non-hydrogen) atoms. The molecule has 1 aromatic carbocycles. The third kappa shape index (κ3) is 5.29. The van der Waals surface area contributed by atoms with Gasteiger partial charge in [0.15, 0.2) is 5.72 Å². The summed E-state index contributed by atoms with van der Waals surface area (Å²) in [7, 11) is -2.47. The molecule has 3 N–H and O–H groups in total. The smallest absolute Gasteiger partial charge is 0.317 e. The predicted molar refractivity (Wildman–Crippen MR) is 143 cm³/mol. The lowest BCUT2D eigenvalue weighted by Gasteiger charge is -2.48. The lowest BCUT2D eigenvalue weighted by atomic mass is 9.91. The largest absolute Gasteiger partial charge is 0.480 e. The fourth-order valence-corrected chi connectivity index (χ4v) is 7.81. The van der Waals surface area contributed by atoms with E-state index in [1.807, 2.05) is 6.92 Å². The van der Waals surface area contributed by atoms with Gasteiger partial charge in [0.05, 0.1) is 25.2 Å². The number of aromatic amines is 1. The van der Waals surface area contributed by atoms with Crippen molar-refractivity contribution in [3.05, 3.63) is 29.3 Å². The summed E-state index contributed by atoms with van der Waals surface area (Å²) in [5.74, 6) is -0.967. The van der Waals surface area contributed by atoms with Crippen molar-refractivity contribution in [1.29, 1.82) is 0 Å². The molecule has 1 amide bonds. The van der Waals surface area contributed by atoms with Gasteiger partial charge in [0.1, 0.15) is 11.3 Å². The number of likely N-dealkylation sites (N-methyl/N-ethyl adjacent to an activating group) is 1. The molecule has 0 aliphatic carbocycles. The van der Waals surface area contributed by atoms with E-state index >= 15 is 0 Å². The molecule has 2 aromatic rings. The van der Waals surface area contributed by atoms with Crippen molar-refractivity contribution in [1.82, 2.24) is 24.0 Å². The van der Waals surface area contributed by atoms with Crippen LogP contribution in [-0.2, 0) is 24.3 Å². The summed E-state index contributed by atoms with van der Waals surface area (Å²) in [6.07, 6.45) is 0.291. The highest BCUT2D eigenvalue weighted by Crippen LogP contribution is 2.45. The van der Waals surface area contributed by atoms with Crippen LogP contribution in [0.2, 0.25) is 5.02 Å². The van der Waals surface area contributed by atoms with Gasteiger partial charge in [-0.2, -0.15) is 4.31 Å². The SMILES string of the molecule is CCC(=O)N1CCC2(CC1)CN1C(O)CN(S(=O)(=O)c3cc4cc(Cl)ccc4[nH]3)CC1(CN(C)CC(=O)O)O2. The molecule has 5 rings (SSSR count). The Balaban J connectivity index is 1.46. The van der Waals surface area contributed by atoms with Crippen LogP contribution in [0, 0.1) is 0 Å². The Morgan fingerprint density at radius 3 is 2.62 bits per heavy atom. The van der Waals surface area contributed by atoms with E-state index in [0.29, 0.717) is 54.8 Å². The number of carbonyl (C=O) groups is 2. The van der Waals surface area contributed by atoms with E-state index < -0.39 is 33.5 Å². The number of nitrogens with zero attached hydrogens (tertiary/aromatic N) is 4. The number of halogens is 1. The molecule has 0 bridgehead atoms. The normalized spacial score (nSPS) is 26.0. The number of piperazine rings is 1. The Labute approximate surface area is 232 Å². The Hall–Kier alpha value is -2.26. The second-order valence-electron chi connectivity index (χ2n) is 10.8. The van der Waals surface area contributed by atoms with Crippen LogP contribution in [-0.4, -0.2) is 125 Å². The molecule has 0 saturated carbocycles. The second-order valence-corrected chi connectivity index (χ2v) is 13.1. The topological polar surface area (TPSA) is 147 Å². The van der Waals surface area contributed by atoms with Crippen LogP contribution in [0.5, 0.6) is 0 Å². The number of hydrogen-bond donors (Lipinski definition) is 3. The Morgan fingerprint density at radius 2 is 1.95 bits per heavy atom. The number of fused-ring (bicyclic) bond motifs is 2. The first-order chi connectivity index (χ1) is 18.4. The standard InChI is InChI=1S/C25H34ClN5O7S/c1-3-21(32)29-8-6-24(7-9-29)14-31-22(33)12-30(16-25(31,38-24)15-28(2)13-23(34)35)39(36,37)20-11-17-10-18(26)4-5-19(17)27-20/h4-5,10-11,22,27,33H,3,6-9,12-16H2,1-2H3,(H,34,35). The monoisotopic (exact) mass is 583 g/mol. The summed E-state index contributed by atoms with van der Waals surface area (Å²) in [5, 5.41) is 21.8. The van der Waals surface area contributed by atoms with Gasteiger partial charge >= 0.3 is 5.97 Å². The maximum atomic E-state index is 13.8. The number of ether oxygens (including phenoxy) is 1. The van der Waals surface area contributed by atoms with Gasteiger partial charge < -0.3 is 24.8 Å². The van der Waals surface area contributed by atoms with Gasteiger partial charge in [0, 0.05) is 48.5 Å². The minimum absolute atomic E-state index is 0.0337. The third-order valence-corrected chi connectivity index (χ3v) is 9.94. The highest BCUT2D eigenvalue weighted by molar-refractivity contribution is 7.89. The van der Waals surface area contributed by atoms with Crippen molar-refractivity contribution < 1.29 is 33.0 Å². The fraction of sp³-hybridized carbons (Fsp3) is 0.600. The molecule has 3 saturated heterocycles. The van der Waals surface area contributed by atoms with Gasteiger partial charge in [0.25, 0.3) is 10.0 Å². The van der Waals surface area contributed by atoms with Gasteiger partial charge in [-0.05, 0) is 44.2 Å². The van der Waals surface area contributed by atoms with E-state index in [1.54, 1.807) is 39.9 Å². The van der Waals surface area contributed by atoms with Crippen molar-refractivity contribution in [3.8, 4) is 0 Å². The van der Waals surface area contributed by atoms with Gasteiger partial charge in [-0.3, -0.25) is 14.5 Å². The number of aliphatic hydroxyl groups excluding tert-OH is 1. The maximum Gasteiger partial charge on any atom is 0.317 e. The van der Waals surface area contributed by atoms with Crippen molar-refractivity contribution in [2.75, 3.05) is 52.9 Å². The highest BCUT2D eigenvalue weighted by Gasteiger charge is 2.61. The van der Waals surface area contributed by atoms with Crippen LogP contribution in [0.3, 0.4) is 0 Å². The molecule has 1 spiro atoms. The van der Waals surface area contributed by atoms with Crippen LogP contribution in [0.1, 0.15) is 26.2 Å². The van der Waals surface area contributed by atoms with Crippen molar-refractivity contribution >= 4 is 44.4 Å². The number of carbonyl (C=O) groups excluding carboxylic acids is 1. The summed E-state index contributed by atoms with van der Waals surface area (Å²) >= 11 is 6.08. The number of hydrogen-bond acceptors (Lipinski definition) is 8. The number of aliphatic hydroxyl groups is 1.